The molecule has 0 spiro atoms. The van der Waals surface area contributed by atoms with Gasteiger partial charge in [0.1, 0.15) is 0 Å². The van der Waals surface area contributed by atoms with Gasteiger partial charge in [0.15, 0.2) is 17.5 Å². The standard InChI is InChI=1S/C23H29N5O2/c1-3-24-23(25-13-16-28-14-7-8-15-28)27-18-19-11-12-22(26-17-19)30-21-10-6-5-9-20(21)29-4-2/h5-12,14-15,17H,3-4,13,16,18H2,1-2H3,(H2,24,25,27). The highest BCUT2D eigenvalue weighted by molar-refractivity contribution is 5.79. The molecule has 2 heterocycles. The minimum absolute atomic E-state index is 0.520. The Hall–Kier alpha value is -3.48. The van der Waals surface area contributed by atoms with Crippen molar-refractivity contribution in [2.45, 2.75) is 26.9 Å². The maximum Gasteiger partial charge on any atom is 0.219 e. The largest absolute Gasteiger partial charge is 0.490 e. The fourth-order valence-corrected chi connectivity index (χ4v) is 2.82. The van der Waals surface area contributed by atoms with Gasteiger partial charge < -0.3 is 24.7 Å². The number of nitrogens with one attached hydrogen (secondary N) is 2. The third kappa shape index (κ3) is 6.55. The Kier molecular flexibility index (Phi) is 8.14. The molecule has 0 bridgehead atoms. The Labute approximate surface area is 177 Å². The molecule has 0 radical (unpaired) electrons. The normalized spacial score (nSPS) is 11.2. The van der Waals surface area contributed by atoms with E-state index in [1.54, 1.807) is 6.20 Å². The predicted molar refractivity (Wildman–Crippen MR) is 119 cm³/mol. The van der Waals surface area contributed by atoms with Crippen molar-refractivity contribution in [3.8, 4) is 17.4 Å². The molecule has 158 valence electrons. The Morgan fingerprint density at radius 1 is 1.00 bits per heavy atom. The SMILES string of the molecule is CCNC(=NCc1ccc(Oc2ccccc2OCC)nc1)NCCn1cccc1. The fourth-order valence-electron chi connectivity index (χ4n) is 2.82. The molecule has 7 heteroatoms. The van der Waals surface area contributed by atoms with Gasteiger partial charge in [0.2, 0.25) is 5.88 Å². The van der Waals surface area contributed by atoms with E-state index >= 15 is 0 Å². The van der Waals surface area contributed by atoms with Crippen molar-refractivity contribution < 1.29 is 9.47 Å². The first-order valence-corrected chi connectivity index (χ1v) is 10.3. The van der Waals surface area contributed by atoms with E-state index < -0.39 is 0 Å². The molecule has 2 N–H and O–H groups in total. The summed E-state index contributed by atoms with van der Waals surface area (Å²) in [6, 6.07) is 15.4. The van der Waals surface area contributed by atoms with E-state index in [9.17, 15) is 0 Å². The highest BCUT2D eigenvalue weighted by atomic mass is 16.5. The Bertz CT molecular complexity index is 908. The first-order chi connectivity index (χ1) is 14.8. The summed E-state index contributed by atoms with van der Waals surface area (Å²) in [5.74, 6) is 2.66. The lowest BCUT2D eigenvalue weighted by Gasteiger charge is -2.12. The van der Waals surface area contributed by atoms with Crippen molar-refractivity contribution in [1.29, 1.82) is 0 Å². The Balaban J connectivity index is 1.55. The van der Waals surface area contributed by atoms with E-state index in [4.69, 9.17) is 9.47 Å². The van der Waals surface area contributed by atoms with Gasteiger partial charge in [0.25, 0.3) is 0 Å². The molecule has 7 nitrogen and oxygen atoms in total. The lowest BCUT2D eigenvalue weighted by Crippen LogP contribution is -2.38. The molecule has 0 saturated carbocycles. The van der Waals surface area contributed by atoms with Crippen LogP contribution in [0, 0.1) is 0 Å². The molecule has 1 aromatic carbocycles. The van der Waals surface area contributed by atoms with Gasteiger partial charge in [-0.05, 0) is 43.7 Å². The summed E-state index contributed by atoms with van der Waals surface area (Å²) >= 11 is 0. The molecule has 3 aromatic rings. The van der Waals surface area contributed by atoms with Crippen LogP contribution < -0.4 is 20.1 Å². The number of ether oxygens (including phenoxy) is 2. The average Bonchev–Trinajstić information content (AvgIpc) is 3.28. The number of aliphatic imine (C=N–C) groups is 1. The van der Waals surface area contributed by atoms with Crippen LogP contribution in [0.4, 0.5) is 0 Å². The van der Waals surface area contributed by atoms with Crippen LogP contribution in [0.3, 0.4) is 0 Å². The molecule has 0 aliphatic heterocycles. The zero-order valence-corrected chi connectivity index (χ0v) is 17.5. The van der Waals surface area contributed by atoms with Crippen LogP contribution in [0.25, 0.3) is 0 Å². The van der Waals surface area contributed by atoms with Crippen LogP contribution in [-0.2, 0) is 13.1 Å². The highest BCUT2D eigenvalue weighted by Crippen LogP contribution is 2.30. The van der Waals surface area contributed by atoms with Crippen molar-refractivity contribution >= 4 is 5.96 Å². The summed E-state index contributed by atoms with van der Waals surface area (Å²) in [6.07, 6.45) is 5.88. The van der Waals surface area contributed by atoms with E-state index in [1.807, 2.05) is 67.8 Å². The van der Waals surface area contributed by atoms with E-state index in [1.165, 1.54) is 0 Å². The molecule has 2 aromatic heterocycles. The summed E-state index contributed by atoms with van der Waals surface area (Å²) in [5.41, 5.74) is 1.00. The van der Waals surface area contributed by atoms with Crippen LogP contribution in [0.5, 0.6) is 17.4 Å². The maximum atomic E-state index is 5.87. The smallest absolute Gasteiger partial charge is 0.219 e. The maximum absolute atomic E-state index is 5.87. The van der Waals surface area contributed by atoms with Crippen molar-refractivity contribution in [2.75, 3.05) is 19.7 Å². The minimum atomic E-state index is 0.520. The highest BCUT2D eigenvalue weighted by Gasteiger charge is 2.06. The number of pyridine rings is 1. The summed E-state index contributed by atoms with van der Waals surface area (Å²) in [4.78, 5) is 9.04. The first-order valence-electron chi connectivity index (χ1n) is 10.3. The van der Waals surface area contributed by atoms with Crippen LogP contribution >= 0.6 is 0 Å². The van der Waals surface area contributed by atoms with Gasteiger partial charge >= 0.3 is 0 Å². The van der Waals surface area contributed by atoms with Crippen molar-refractivity contribution in [1.82, 2.24) is 20.2 Å². The molecular formula is C23H29N5O2. The summed E-state index contributed by atoms with van der Waals surface area (Å²) in [6.45, 7) is 7.59. The molecule has 3 rings (SSSR count). The molecule has 0 unspecified atom stereocenters. The molecule has 0 saturated heterocycles. The lowest BCUT2D eigenvalue weighted by atomic mass is 10.3. The molecule has 0 amide bonds. The molecule has 30 heavy (non-hydrogen) atoms. The number of aromatic nitrogens is 2. The van der Waals surface area contributed by atoms with E-state index in [0.29, 0.717) is 30.5 Å². The van der Waals surface area contributed by atoms with Crippen molar-refractivity contribution in [3.63, 3.8) is 0 Å². The summed E-state index contributed by atoms with van der Waals surface area (Å²) in [5, 5.41) is 6.62. The Morgan fingerprint density at radius 3 is 2.50 bits per heavy atom. The first kappa shape index (κ1) is 21.2. The van der Waals surface area contributed by atoms with Crippen LogP contribution in [-0.4, -0.2) is 35.2 Å². The van der Waals surface area contributed by atoms with Gasteiger partial charge in [0, 0.05) is 44.3 Å². The number of hydrogen-bond acceptors (Lipinski definition) is 4. The summed E-state index contributed by atoms with van der Waals surface area (Å²) in [7, 11) is 0. The second-order valence-corrected chi connectivity index (χ2v) is 6.53. The van der Waals surface area contributed by atoms with Gasteiger partial charge in [-0.15, -0.1) is 0 Å². The van der Waals surface area contributed by atoms with E-state index in [-0.39, 0.29) is 0 Å². The number of rotatable bonds is 10. The van der Waals surface area contributed by atoms with E-state index in [0.717, 1.165) is 31.2 Å². The third-order valence-corrected chi connectivity index (χ3v) is 4.25. The molecule has 0 atom stereocenters. The van der Waals surface area contributed by atoms with E-state index in [2.05, 4.69) is 32.1 Å². The zero-order chi connectivity index (χ0) is 21.0. The van der Waals surface area contributed by atoms with Crippen molar-refractivity contribution in [2.24, 2.45) is 4.99 Å². The fraction of sp³-hybridized carbons (Fsp3) is 0.304. The third-order valence-electron chi connectivity index (χ3n) is 4.25. The number of benzene rings is 1. The number of nitrogens with zero attached hydrogens (tertiary/aromatic N) is 3. The second kappa shape index (κ2) is 11.5. The summed E-state index contributed by atoms with van der Waals surface area (Å²) < 4.78 is 13.6. The second-order valence-electron chi connectivity index (χ2n) is 6.53. The van der Waals surface area contributed by atoms with Gasteiger partial charge in [-0.25, -0.2) is 9.98 Å². The van der Waals surface area contributed by atoms with Gasteiger partial charge in [-0.3, -0.25) is 0 Å². The predicted octanol–water partition coefficient (Wildman–Crippen LogP) is 3.83. The molecule has 0 aliphatic carbocycles. The molecular weight excluding hydrogens is 378 g/mol. The van der Waals surface area contributed by atoms with Gasteiger partial charge in [-0.1, -0.05) is 18.2 Å². The lowest BCUT2D eigenvalue weighted by molar-refractivity contribution is 0.319. The van der Waals surface area contributed by atoms with Crippen LogP contribution in [0.2, 0.25) is 0 Å². The van der Waals surface area contributed by atoms with Gasteiger partial charge in [-0.2, -0.15) is 0 Å². The number of para-hydroxylation sites is 2. The van der Waals surface area contributed by atoms with Gasteiger partial charge in [0.05, 0.1) is 13.2 Å². The Morgan fingerprint density at radius 2 is 1.80 bits per heavy atom. The topological polar surface area (TPSA) is 72.7 Å². The molecule has 0 aliphatic rings. The minimum Gasteiger partial charge on any atom is -0.490 e. The van der Waals surface area contributed by atoms with Crippen LogP contribution in [0.15, 0.2) is 72.1 Å². The van der Waals surface area contributed by atoms with Crippen LogP contribution in [0.1, 0.15) is 19.4 Å². The molecule has 0 fully saturated rings. The van der Waals surface area contributed by atoms with Crippen molar-refractivity contribution in [3.05, 3.63) is 72.7 Å². The monoisotopic (exact) mass is 407 g/mol. The zero-order valence-electron chi connectivity index (χ0n) is 17.5. The number of hydrogen-bond donors (Lipinski definition) is 2. The average molecular weight is 408 g/mol. The number of guanidine groups is 1. The quantitative estimate of drug-likeness (QED) is 0.395.